The number of amides is 4. The van der Waals surface area contributed by atoms with Crippen LogP contribution in [0.3, 0.4) is 0 Å². The van der Waals surface area contributed by atoms with E-state index in [-0.39, 0.29) is 22.2 Å². The summed E-state index contributed by atoms with van der Waals surface area (Å²) < 4.78 is 0. The summed E-state index contributed by atoms with van der Waals surface area (Å²) in [5.74, 6) is -1.72. The topological polar surface area (TPSA) is 159 Å². The van der Waals surface area contributed by atoms with Crippen LogP contribution < -0.4 is 32.6 Å². The van der Waals surface area contributed by atoms with Crippen LogP contribution in [0.25, 0.3) is 5.57 Å². The van der Waals surface area contributed by atoms with Gasteiger partial charge in [-0.15, -0.1) is 0 Å². The van der Waals surface area contributed by atoms with Crippen LogP contribution in [-0.2, 0) is 9.59 Å². The van der Waals surface area contributed by atoms with Gasteiger partial charge >= 0.3 is 6.03 Å². The van der Waals surface area contributed by atoms with Crippen LogP contribution in [0.1, 0.15) is 6.42 Å². The lowest BCUT2D eigenvalue weighted by Crippen LogP contribution is -2.51. The fourth-order valence-corrected chi connectivity index (χ4v) is 2.94. The third-order valence-corrected chi connectivity index (χ3v) is 3.83. The molecule has 0 atom stereocenters. The summed E-state index contributed by atoms with van der Waals surface area (Å²) in [7, 11) is 0. The Morgan fingerprint density at radius 3 is 2.44 bits per heavy atom. The summed E-state index contributed by atoms with van der Waals surface area (Å²) in [6, 6.07) is 3.47. The number of urea groups is 1. The van der Waals surface area contributed by atoms with Crippen LogP contribution >= 0.6 is 23.2 Å². The highest BCUT2D eigenvalue weighted by atomic mass is 35.5. The summed E-state index contributed by atoms with van der Waals surface area (Å²) in [6.07, 6.45) is -0.465. The molecule has 0 bridgehead atoms. The average Bonchev–Trinajstić information content (AvgIpc) is 2.51. The Morgan fingerprint density at radius 1 is 1.15 bits per heavy atom. The molecule has 1 aromatic heterocycles. The minimum atomic E-state index is -1.12. The van der Waals surface area contributed by atoms with Crippen molar-refractivity contribution in [2.45, 2.75) is 6.42 Å². The number of H-pyrrole nitrogens is 1. The molecule has 27 heavy (non-hydrogen) atoms. The van der Waals surface area contributed by atoms with Gasteiger partial charge in [-0.3, -0.25) is 24.7 Å². The number of fused-ring (bicyclic) bond motifs is 1. The molecule has 0 radical (unpaired) electrons. The number of anilines is 2. The van der Waals surface area contributed by atoms with E-state index in [0.717, 1.165) is 0 Å². The van der Waals surface area contributed by atoms with E-state index in [1.54, 1.807) is 0 Å². The highest BCUT2D eigenvalue weighted by Gasteiger charge is 2.23. The number of halogens is 2. The molecule has 2 heterocycles. The smallest absolute Gasteiger partial charge is 0.319 e. The molecule has 0 saturated carbocycles. The first kappa shape index (κ1) is 18.5. The van der Waals surface area contributed by atoms with Crippen LogP contribution in [0.15, 0.2) is 28.0 Å². The lowest BCUT2D eigenvalue weighted by Gasteiger charge is -2.10. The van der Waals surface area contributed by atoms with E-state index in [1.165, 1.54) is 18.2 Å². The molecular weight excluding hydrogens is 399 g/mol. The largest absolute Gasteiger partial charge is 0.351 e. The van der Waals surface area contributed by atoms with E-state index < -0.39 is 29.8 Å². The number of rotatable bonds is 3. The van der Waals surface area contributed by atoms with Crippen molar-refractivity contribution in [3.8, 4) is 0 Å². The maximum atomic E-state index is 12.4. The van der Waals surface area contributed by atoms with E-state index in [4.69, 9.17) is 28.9 Å². The number of hydrogen-bond donors (Lipinski definition) is 4. The maximum Gasteiger partial charge on any atom is 0.319 e. The minimum Gasteiger partial charge on any atom is -0.351 e. The number of nitrogens with two attached hydrogens (primary N) is 1. The molecule has 2 aromatic rings. The molecule has 5 N–H and O–H groups in total. The molecule has 12 heteroatoms. The van der Waals surface area contributed by atoms with Crippen LogP contribution in [0.4, 0.5) is 16.4 Å². The van der Waals surface area contributed by atoms with E-state index in [2.05, 4.69) is 20.3 Å². The molecule has 3 rings (SSSR count). The number of carbonyl (C=O) groups is 3. The highest BCUT2D eigenvalue weighted by Crippen LogP contribution is 2.23. The number of primary amides is 1. The van der Waals surface area contributed by atoms with Crippen molar-refractivity contribution in [3.63, 3.8) is 0 Å². The second-order valence-electron chi connectivity index (χ2n) is 5.38. The van der Waals surface area contributed by atoms with Crippen molar-refractivity contribution in [1.29, 1.82) is 0 Å². The Balaban J connectivity index is 2.12. The van der Waals surface area contributed by atoms with Gasteiger partial charge in [0.1, 0.15) is 0 Å². The number of carbonyl (C=O) groups excluding carboxylic acids is 3. The second-order valence-corrected chi connectivity index (χ2v) is 6.25. The standard InChI is InChI=1S/C15H10Cl2N6O4/c16-5-1-6(17)3-7(2-5)19-15-21-11-10(13(26)23-15)8(4-9(24)20-11)12(25)22-14(18)27/h1-3H,4H2,(H3,18,22,25,27)(H2,19,20,21,23,24,26). The Bertz CT molecular complexity index is 1150. The predicted molar refractivity (Wildman–Crippen MR) is 96.1 cm³/mol. The monoisotopic (exact) mass is 408 g/mol. The SMILES string of the molecule is NC(=O)NC(=O)C1=c2c(nc(Nc3cc(Cl)cc(Cl)c3)[nH]c2=O)=NC(=O)C1. The van der Waals surface area contributed by atoms with Gasteiger partial charge in [-0.25, -0.2) is 4.79 Å². The molecule has 1 aliphatic heterocycles. The molecular formula is C15H10Cl2N6O4. The summed E-state index contributed by atoms with van der Waals surface area (Å²) in [5, 5.41) is 5.07. The Labute approximate surface area is 160 Å². The zero-order valence-corrected chi connectivity index (χ0v) is 14.8. The van der Waals surface area contributed by atoms with Crippen LogP contribution in [0, 0.1) is 0 Å². The predicted octanol–water partition coefficient (Wildman–Crippen LogP) is -0.284. The van der Waals surface area contributed by atoms with Crippen molar-refractivity contribution in [1.82, 2.24) is 15.3 Å². The fraction of sp³-hybridized carbons (Fsp3) is 0.0667. The van der Waals surface area contributed by atoms with Gasteiger partial charge in [0.15, 0.2) is 5.49 Å². The Morgan fingerprint density at radius 2 is 1.81 bits per heavy atom. The molecule has 138 valence electrons. The first-order valence-corrected chi connectivity index (χ1v) is 8.07. The van der Waals surface area contributed by atoms with Crippen LogP contribution in [0.2, 0.25) is 10.0 Å². The van der Waals surface area contributed by atoms with E-state index in [1.807, 2.05) is 5.32 Å². The van der Waals surface area contributed by atoms with E-state index >= 15 is 0 Å². The maximum absolute atomic E-state index is 12.4. The molecule has 0 unspecified atom stereocenters. The quantitative estimate of drug-likeness (QED) is 0.545. The average molecular weight is 409 g/mol. The lowest BCUT2D eigenvalue weighted by atomic mass is 10.1. The molecule has 1 aromatic carbocycles. The van der Waals surface area contributed by atoms with Gasteiger partial charge in [0.25, 0.3) is 17.4 Å². The van der Waals surface area contributed by atoms with Gasteiger partial charge in [0, 0.05) is 21.3 Å². The summed E-state index contributed by atoms with van der Waals surface area (Å²) in [6.45, 7) is 0. The molecule has 0 fully saturated rings. The molecule has 0 spiro atoms. The second kappa shape index (κ2) is 7.17. The number of nitrogens with zero attached hydrogens (tertiary/aromatic N) is 2. The number of aromatic amines is 1. The third kappa shape index (κ3) is 4.13. The first-order valence-electron chi connectivity index (χ1n) is 7.32. The zero-order valence-electron chi connectivity index (χ0n) is 13.3. The normalized spacial score (nSPS) is 12.8. The Kier molecular flexibility index (Phi) is 4.93. The fourth-order valence-electron chi connectivity index (χ4n) is 2.41. The Hall–Kier alpha value is -3.24. The number of aromatic nitrogens is 2. The number of hydrogen-bond acceptors (Lipinski definition) is 6. The lowest BCUT2D eigenvalue weighted by molar-refractivity contribution is -0.119. The number of nitrogens with one attached hydrogen (secondary N) is 3. The van der Waals surface area contributed by atoms with Crippen molar-refractivity contribution in [2.24, 2.45) is 10.7 Å². The van der Waals surface area contributed by atoms with E-state index in [9.17, 15) is 19.2 Å². The highest BCUT2D eigenvalue weighted by molar-refractivity contribution is 6.35. The van der Waals surface area contributed by atoms with Crippen LogP contribution in [-0.4, -0.2) is 27.8 Å². The van der Waals surface area contributed by atoms with Gasteiger partial charge in [0.2, 0.25) is 5.95 Å². The van der Waals surface area contributed by atoms with Gasteiger partial charge in [0.05, 0.1) is 11.6 Å². The summed E-state index contributed by atoms with van der Waals surface area (Å²) in [5.41, 5.74) is 4.07. The molecule has 0 aliphatic carbocycles. The van der Waals surface area contributed by atoms with Crippen molar-refractivity contribution in [2.75, 3.05) is 5.32 Å². The van der Waals surface area contributed by atoms with E-state index in [0.29, 0.717) is 15.7 Å². The van der Waals surface area contributed by atoms with Gasteiger partial charge < -0.3 is 11.1 Å². The van der Waals surface area contributed by atoms with Crippen molar-refractivity contribution in [3.05, 3.63) is 49.3 Å². The van der Waals surface area contributed by atoms with Crippen molar-refractivity contribution >= 4 is 58.3 Å². The third-order valence-electron chi connectivity index (χ3n) is 3.40. The summed E-state index contributed by atoms with van der Waals surface area (Å²) >= 11 is 11.8. The van der Waals surface area contributed by atoms with Gasteiger partial charge in [-0.1, -0.05) is 23.2 Å². The summed E-state index contributed by atoms with van der Waals surface area (Å²) in [4.78, 5) is 57.3. The van der Waals surface area contributed by atoms with Crippen LogP contribution in [0.5, 0.6) is 0 Å². The number of benzene rings is 1. The van der Waals surface area contributed by atoms with Gasteiger partial charge in [-0.05, 0) is 18.2 Å². The molecule has 0 saturated heterocycles. The minimum absolute atomic E-state index is 0.0507. The van der Waals surface area contributed by atoms with Crippen molar-refractivity contribution < 1.29 is 14.4 Å². The number of imide groups is 1. The van der Waals surface area contributed by atoms with Gasteiger partial charge in [-0.2, -0.15) is 9.98 Å². The molecule has 1 aliphatic rings. The molecule has 4 amide bonds. The first-order chi connectivity index (χ1) is 12.7. The molecule has 10 nitrogen and oxygen atoms in total. The zero-order chi connectivity index (χ0) is 19.7.